The normalized spacial score (nSPS) is 11.2. The van der Waals surface area contributed by atoms with Crippen molar-refractivity contribution in [2.45, 2.75) is 38.4 Å². The van der Waals surface area contributed by atoms with Crippen molar-refractivity contribution in [1.29, 1.82) is 0 Å². The van der Waals surface area contributed by atoms with Gasteiger partial charge in [-0.25, -0.2) is 0 Å². The van der Waals surface area contributed by atoms with E-state index >= 15 is 0 Å². The maximum atomic E-state index is 8.99. The van der Waals surface area contributed by atoms with E-state index < -0.39 is 0 Å². The van der Waals surface area contributed by atoms with Gasteiger partial charge < -0.3 is 9.63 Å². The Kier molecular flexibility index (Phi) is 5.61. The molecule has 20 heavy (non-hydrogen) atoms. The molecular formula is C15H20N2O2S. The summed E-state index contributed by atoms with van der Waals surface area (Å²) < 4.78 is 5.22. The summed E-state index contributed by atoms with van der Waals surface area (Å²) in [4.78, 5) is 4.38. The molecule has 0 saturated carbocycles. The molecule has 108 valence electrons. The summed E-state index contributed by atoms with van der Waals surface area (Å²) >= 11 is 1.75. The van der Waals surface area contributed by atoms with E-state index in [1.54, 1.807) is 11.8 Å². The van der Waals surface area contributed by atoms with E-state index in [1.807, 2.05) is 24.3 Å². The largest absolute Gasteiger partial charge is 0.392 e. The molecule has 5 heteroatoms. The molecule has 0 atom stereocenters. The molecule has 0 aliphatic rings. The fourth-order valence-corrected chi connectivity index (χ4v) is 2.62. The average Bonchev–Trinajstić information content (AvgIpc) is 2.86. The van der Waals surface area contributed by atoms with Gasteiger partial charge in [-0.15, -0.1) is 11.8 Å². The lowest BCUT2D eigenvalue weighted by molar-refractivity contribution is 0.282. The highest BCUT2D eigenvalue weighted by molar-refractivity contribution is 7.97. The molecule has 0 spiro atoms. The van der Waals surface area contributed by atoms with Crippen molar-refractivity contribution >= 4 is 11.8 Å². The van der Waals surface area contributed by atoms with Crippen LogP contribution in [-0.2, 0) is 24.5 Å². The first-order valence-electron chi connectivity index (χ1n) is 6.75. The van der Waals surface area contributed by atoms with Crippen LogP contribution in [0.3, 0.4) is 0 Å². The molecule has 0 fully saturated rings. The van der Waals surface area contributed by atoms with E-state index in [2.05, 4.69) is 24.0 Å². The monoisotopic (exact) mass is 292 g/mol. The van der Waals surface area contributed by atoms with Crippen molar-refractivity contribution in [3.63, 3.8) is 0 Å². The highest BCUT2D eigenvalue weighted by atomic mass is 32.2. The first-order chi connectivity index (χ1) is 9.67. The molecule has 1 aromatic carbocycles. The fourth-order valence-electron chi connectivity index (χ4n) is 1.79. The first kappa shape index (κ1) is 15.1. The first-order valence-corrected chi connectivity index (χ1v) is 7.90. The zero-order valence-corrected chi connectivity index (χ0v) is 12.7. The Bertz CT molecular complexity index is 523. The standard InChI is InChI=1S/C15H20N2O2S/c1-11(2)7-14-16-15(19-17-14)10-20-9-13-5-3-12(8-18)4-6-13/h3-6,11,18H,7-10H2,1-2H3. The van der Waals surface area contributed by atoms with Crippen LogP contribution < -0.4 is 0 Å². The van der Waals surface area contributed by atoms with Crippen molar-refractivity contribution in [2.75, 3.05) is 0 Å². The molecule has 1 heterocycles. The Morgan fingerprint density at radius 3 is 2.50 bits per heavy atom. The van der Waals surface area contributed by atoms with Gasteiger partial charge in [-0.05, 0) is 17.0 Å². The second-order valence-electron chi connectivity index (χ2n) is 5.17. The van der Waals surface area contributed by atoms with Crippen LogP contribution in [0.25, 0.3) is 0 Å². The topological polar surface area (TPSA) is 59.2 Å². The molecule has 1 N–H and O–H groups in total. The van der Waals surface area contributed by atoms with E-state index in [4.69, 9.17) is 9.63 Å². The van der Waals surface area contributed by atoms with Crippen LogP contribution >= 0.6 is 11.8 Å². The molecule has 2 aromatic rings. The molecule has 0 radical (unpaired) electrons. The van der Waals surface area contributed by atoms with Crippen LogP contribution in [0.4, 0.5) is 0 Å². The molecule has 2 rings (SSSR count). The van der Waals surface area contributed by atoms with Gasteiger partial charge in [-0.1, -0.05) is 43.3 Å². The fraction of sp³-hybridized carbons (Fsp3) is 0.467. The van der Waals surface area contributed by atoms with Crippen LogP contribution in [0.5, 0.6) is 0 Å². The maximum Gasteiger partial charge on any atom is 0.236 e. The van der Waals surface area contributed by atoms with Gasteiger partial charge in [0.2, 0.25) is 5.89 Å². The van der Waals surface area contributed by atoms with Crippen LogP contribution in [0.1, 0.15) is 36.7 Å². The predicted molar refractivity (Wildman–Crippen MR) is 80.2 cm³/mol. The minimum Gasteiger partial charge on any atom is -0.392 e. The molecule has 0 bridgehead atoms. The number of nitrogens with zero attached hydrogens (tertiary/aromatic N) is 2. The van der Waals surface area contributed by atoms with Gasteiger partial charge >= 0.3 is 0 Å². The minimum atomic E-state index is 0.0913. The van der Waals surface area contributed by atoms with Gasteiger partial charge in [0, 0.05) is 12.2 Å². The Morgan fingerprint density at radius 2 is 1.85 bits per heavy atom. The third-order valence-corrected chi connectivity index (χ3v) is 3.79. The van der Waals surface area contributed by atoms with Crippen molar-refractivity contribution in [1.82, 2.24) is 10.1 Å². The van der Waals surface area contributed by atoms with Crippen molar-refractivity contribution < 1.29 is 9.63 Å². The van der Waals surface area contributed by atoms with E-state index in [-0.39, 0.29) is 6.61 Å². The number of aliphatic hydroxyl groups excluding tert-OH is 1. The lowest BCUT2D eigenvalue weighted by Gasteiger charge is -2.01. The number of aliphatic hydroxyl groups is 1. The van der Waals surface area contributed by atoms with Crippen LogP contribution in [0, 0.1) is 5.92 Å². The summed E-state index contributed by atoms with van der Waals surface area (Å²) in [5.74, 6) is 3.65. The lowest BCUT2D eigenvalue weighted by atomic mass is 10.1. The molecule has 0 unspecified atom stereocenters. The van der Waals surface area contributed by atoms with Gasteiger partial charge in [-0.2, -0.15) is 4.98 Å². The smallest absolute Gasteiger partial charge is 0.236 e. The van der Waals surface area contributed by atoms with E-state index in [0.717, 1.165) is 29.3 Å². The highest BCUT2D eigenvalue weighted by Gasteiger charge is 2.08. The number of benzene rings is 1. The number of thioether (sulfide) groups is 1. The van der Waals surface area contributed by atoms with Gasteiger partial charge in [0.15, 0.2) is 5.82 Å². The number of rotatable bonds is 7. The molecule has 0 amide bonds. The van der Waals surface area contributed by atoms with E-state index in [9.17, 15) is 0 Å². The summed E-state index contributed by atoms with van der Waals surface area (Å²) in [5, 5.41) is 13.0. The third kappa shape index (κ3) is 4.65. The van der Waals surface area contributed by atoms with Gasteiger partial charge in [0.1, 0.15) is 0 Å². The molecule has 1 aromatic heterocycles. The van der Waals surface area contributed by atoms with Gasteiger partial charge in [-0.3, -0.25) is 0 Å². The zero-order chi connectivity index (χ0) is 14.4. The zero-order valence-electron chi connectivity index (χ0n) is 11.9. The number of aromatic nitrogens is 2. The maximum absolute atomic E-state index is 8.99. The van der Waals surface area contributed by atoms with Crippen molar-refractivity contribution in [3.05, 3.63) is 47.1 Å². The van der Waals surface area contributed by atoms with Crippen LogP contribution in [-0.4, -0.2) is 15.2 Å². The SMILES string of the molecule is CC(C)Cc1noc(CSCc2ccc(CO)cc2)n1. The Hall–Kier alpha value is -1.33. The molecule has 0 saturated heterocycles. The Balaban J connectivity index is 1.78. The predicted octanol–water partition coefficient (Wildman–Crippen LogP) is 3.19. The second kappa shape index (κ2) is 7.45. The van der Waals surface area contributed by atoms with Crippen LogP contribution in [0.15, 0.2) is 28.8 Å². The summed E-state index contributed by atoms with van der Waals surface area (Å²) in [6, 6.07) is 7.97. The van der Waals surface area contributed by atoms with Crippen molar-refractivity contribution in [3.8, 4) is 0 Å². The van der Waals surface area contributed by atoms with Crippen molar-refractivity contribution in [2.24, 2.45) is 5.92 Å². The summed E-state index contributed by atoms with van der Waals surface area (Å²) in [7, 11) is 0. The Morgan fingerprint density at radius 1 is 1.15 bits per heavy atom. The number of hydrogen-bond donors (Lipinski definition) is 1. The van der Waals surface area contributed by atoms with Gasteiger partial charge in [0.25, 0.3) is 0 Å². The summed E-state index contributed by atoms with van der Waals surface area (Å²) in [6.45, 7) is 4.37. The molecular weight excluding hydrogens is 272 g/mol. The molecule has 4 nitrogen and oxygen atoms in total. The van der Waals surface area contributed by atoms with E-state index in [0.29, 0.717) is 11.8 Å². The minimum absolute atomic E-state index is 0.0913. The Labute approximate surface area is 123 Å². The quantitative estimate of drug-likeness (QED) is 0.849. The summed E-state index contributed by atoms with van der Waals surface area (Å²) in [6.07, 6.45) is 0.858. The summed E-state index contributed by atoms with van der Waals surface area (Å²) in [5.41, 5.74) is 2.17. The van der Waals surface area contributed by atoms with Gasteiger partial charge in [0.05, 0.1) is 12.4 Å². The molecule has 0 aliphatic carbocycles. The second-order valence-corrected chi connectivity index (χ2v) is 6.16. The van der Waals surface area contributed by atoms with E-state index in [1.165, 1.54) is 5.56 Å². The molecule has 0 aliphatic heterocycles. The number of hydrogen-bond acceptors (Lipinski definition) is 5. The average molecular weight is 292 g/mol. The lowest BCUT2D eigenvalue weighted by Crippen LogP contribution is -1.96. The van der Waals surface area contributed by atoms with Crippen LogP contribution in [0.2, 0.25) is 0 Å². The highest BCUT2D eigenvalue weighted by Crippen LogP contribution is 2.18. The third-order valence-electron chi connectivity index (χ3n) is 2.80.